The molecular weight excluding hydrogens is 194 g/mol. The zero-order chi connectivity index (χ0) is 11.3. The Balaban J connectivity index is 2.16. The molecule has 0 aromatic heterocycles. The number of nitrogens with one attached hydrogen (secondary N) is 1. The monoisotopic (exact) mass is 215 g/mol. The molecule has 0 saturated heterocycles. The van der Waals surface area contributed by atoms with Gasteiger partial charge in [0.25, 0.3) is 0 Å². The lowest BCUT2D eigenvalue weighted by Gasteiger charge is -2.40. The molecule has 0 aromatic rings. The van der Waals surface area contributed by atoms with E-state index in [9.17, 15) is 4.79 Å². The quantitative estimate of drug-likeness (QED) is 0.690. The second-order valence-corrected chi connectivity index (χ2v) is 4.41. The van der Waals surface area contributed by atoms with Crippen LogP contribution in [0.3, 0.4) is 0 Å². The maximum atomic E-state index is 11.4. The van der Waals surface area contributed by atoms with Crippen molar-refractivity contribution in [1.82, 2.24) is 5.32 Å². The first-order valence-electron chi connectivity index (χ1n) is 5.58. The number of hydrogen-bond donors (Lipinski definition) is 2. The van der Waals surface area contributed by atoms with Crippen molar-refractivity contribution < 1.29 is 14.6 Å². The van der Waals surface area contributed by atoms with Crippen LogP contribution >= 0.6 is 0 Å². The van der Waals surface area contributed by atoms with Crippen molar-refractivity contribution in [2.75, 3.05) is 13.7 Å². The average Bonchev–Trinajstić information content (AvgIpc) is 2.14. The molecule has 1 atom stereocenters. The molecule has 0 spiro atoms. The average molecular weight is 215 g/mol. The Labute approximate surface area is 91.0 Å². The Hall–Kier alpha value is -0.610. The van der Waals surface area contributed by atoms with E-state index in [4.69, 9.17) is 9.84 Å². The van der Waals surface area contributed by atoms with Crippen LogP contribution in [0.2, 0.25) is 0 Å². The smallest absolute Gasteiger partial charge is 0.220 e. The Morgan fingerprint density at radius 2 is 2.27 bits per heavy atom. The summed E-state index contributed by atoms with van der Waals surface area (Å²) in [5.74, 6) is -0.000718. The van der Waals surface area contributed by atoms with Gasteiger partial charge < -0.3 is 15.2 Å². The fraction of sp³-hybridized carbons (Fsp3) is 0.909. The van der Waals surface area contributed by atoms with Gasteiger partial charge in [0.15, 0.2) is 0 Å². The Morgan fingerprint density at radius 3 is 2.67 bits per heavy atom. The van der Waals surface area contributed by atoms with Gasteiger partial charge in [0.05, 0.1) is 11.7 Å². The van der Waals surface area contributed by atoms with Gasteiger partial charge in [-0.25, -0.2) is 0 Å². The number of amides is 1. The lowest BCUT2D eigenvalue weighted by molar-refractivity contribution is -0.125. The molecule has 0 heterocycles. The molecule has 88 valence electrons. The molecular formula is C11H21NO3. The zero-order valence-electron chi connectivity index (χ0n) is 9.58. The molecule has 0 radical (unpaired) electrons. The Kier molecular flexibility index (Phi) is 4.54. The fourth-order valence-corrected chi connectivity index (χ4v) is 1.71. The minimum absolute atomic E-state index is 0.000718. The molecule has 2 N–H and O–H groups in total. The SMILES string of the molecule is COC1(CNC(=O)CCC(C)O)CCC1. The van der Waals surface area contributed by atoms with E-state index in [1.54, 1.807) is 14.0 Å². The third-order valence-corrected chi connectivity index (χ3v) is 3.09. The molecule has 4 heteroatoms. The Bertz CT molecular complexity index is 206. The van der Waals surface area contributed by atoms with E-state index in [0.29, 0.717) is 19.4 Å². The van der Waals surface area contributed by atoms with E-state index in [1.165, 1.54) is 6.42 Å². The summed E-state index contributed by atoms with van der Waals surface area (Å²) < 4.78 is 5.39. The molecule has 0 bridgehead atoms. The normalized spacial score (nSPS) is 20.5. The summed E-state index contributed by atoms with van der Waals surface area (Å²) in [5.41, 5.74) is -0.111. The van der Waals surface area contributed by atoms with Crippen molar-refractivity contribution in [2.45, 2.75) is 50.7 Å². The van der Waals surface area contributed by atoms with Crippen LogP contribution in [-0.4, -0.2) is 36.4 Å². The van der Waals surface area contributed by atoms with Gasteiger partial charge in [-0.3, -0.25) is 4.79 Å². The van der Waals surface area contributed by atoms with Crippen molar-refractivity contribution in [3.05, 3.63) is 0 Å². The van der Waals surface area contributed by atoms with Crippen LogP contribution in [0, 0.1) is 0 Å². The van der Waals surface area contributed by atoms with Gasteiger partial charge >= 0.3 is 0 Å². The molecule has 1 aliphatic carbocycles. The number of aliphatic hydroxyl groups is 1. The topological polar surface area (TPSA) is 58.6 Å². The summed E-state index contributed by atoms with van der Waals surface area (Å²) in [6.07, 6.45) is 3.73. The fourth-order valence-electron chi connectivity index (χ4n) is 1.71. The van der Waals surface area contributed by atoms with Crippen LogP contribution in [0.25, 0.3) is 0 Å². The highest BCUT2D eigenvalue weighted by Crippen LogP contribution is 2.34. The summed E-state index contributed by atoms with van der Waals surface area (Å²) in [5, 5.41) is 11.9. The summed E-state index contributed by atoms with van der Waals surface area (Å²) in [6, 6.07) is 0. The molecule has 15 heavy (non-hydrogen) atoms. The molecule has 0 aliphatic heterocycles. The number of ether oxygens (including phenoxy) is 1. The Morgan fingerprint density at radius 1 is 1.60 bits per heavy atom. The minimum atomic E-state index is -0.407. The van der Waals surface area contributed by atoms with Crippen molar-refractivity contribution in [3.8, 4) is 0 Å². The van der Waals surface area contributed by atoms with E-state index in [-0.39, 0.29) is 11.5 Å². The van der Waals surface area contributed by atoms with E-state index < -0.39 is 6.10 Å². The first-order valence-corrected chi connectivity index (χ1v) is 5.58. The molecule has 1 fully saturated rings. The molecule has 1 rings (SSSR count). The van der Waals surface area contributed by atoms with Crippen molar-refractivity contribution >= 4 is 5.91 Å². The van der Waals surface area contributed by atoms with Gasteiger partial charge in [0.2, 0.25) is 5.91 Å². The summed E-state index contributed by atoms with van der Waals surface area (Å²) in [7, 11) is 1.70. The van der Waals surface area contributed by atoms with Gasteiger partial charge in [0, 0.05) is 20.1 Å². The second-order valence-electron chi connectivity index (χ2n) is 4.41. The van der Waals surface area contributed by atoms with Crippen LogP contribution in [0.5, 0.6) is 0 Å². The molecule has 1 aliphatic rings. The van der Waals surface area contributed by atoms with Crippen LogP contribution in [-0.2, 0) is 9.53 Å². The summed E-state index contributed by atoms with van der Waals surface area (Å²) >= 11 is 0. The van der Waals surface area contributed by atoms with Gasteiger partial charge in [-0.2, -0.15) is 0 Å². The molecule has 4 nitrogen and oxygen atoms in total. The van der Waals surface area contributed by atoms with Crippen molar-refractivity contribution in [2.24, 2.45) is 0 Å². The third-order valence-electron chi connectivity index (χ3n) is 3.09. The lowest BCUT2D eigenvalue weighted by atomic mass is 9.80. The molecule has 1 amide bonds. The van der Waals surface area contributed by atoms with E-state index in [1.807, 2.05) is 0 Å². The predicted molar refractivity (Wildman–Crippen MR) is 57.5 cm³/mol. The number of hydrogen-bond acceptors (Lipinski definition) is 3. The van der Waals surface area contributed by atoms with Gasteiger partial charge in [-0.1, -0.05) is 0 Å². The summed E-state index contributed by atoms with van der Waals surface area (Å²) in [6.45, 7) is 2.29. The van der Waals surface area contributed by atoms with E-state index in [0.717, 1.165) is 12.8 Å². The number of carbonyl (C=O) groups is 1. The predicted octanol–water partition coefficient (Wildman–Crippen LogP) is 0.833. The highest BCUT2D eigenvalue weighted by Gasteiger charge is 2.37. The number of aliphatic hydroxyl groups excluding tert-OH is 1. The van der Waals surface area contributed by atoms with Crippen LogP contribution in [0.15, 0.2) is 0 Å². The first-order chi connectivity index (χ1) is 7.08. The van der Waals surface area contributed by atoms with Gasteiger partial charge in [-0.05, 0) is 32.6 Å². The van der Waals surface area contributed by atoms with Gasteiger partial charge in [0.1, 0.15) is 0 Å². The largest absolute Gasteiger partial charge is 0.393 e. The van der Waals surface area contributed by atoms with E-state index in [2.05, 4.69) is 5.32 Å². The first kappa shape index (κ1) is 12.5. The van der Waals surface area contributed by atoms with Gasteiger partial charge in [-0.15, -0.1) is 0 Å². The van der Waals surface area contributed by atoms with Crippen LogP contribution < -0.4 is 5.32 Å². The molecule has 1 unspecified atom stereocenters. The van der Waals surface area contributed by atoms with Crippen molar-refractivity contribution in [3.63, 3.8) is 0 Å². The van der Waals surface area contributed by atoms with Crippen LogP contribution in [0.4, 0.5) is 0 Å². The highest BCUT2D eigenvalue weighted by atomic mass is 16.5. The molecule has 1 saturated carbocycles. The lowest BCUT2D eigenvalue weighted by Crippen LogP contribution is -2.49. The van der Waals surface area contributed by atoms with Crippen molar-refractivity contribution in [1.29, 1.82) is 0 Å². The number of methoxy groups -OCH3 is 1. The maximum absolute atomic E-state index is 11.4. The second kappa shape index (κ2) is 5.47. The molecule has 0 aromatic carbocycles. The maximum Gasteiger partial charge on any atom is 0.220 e. The minimum Gasteiger partial charge on any atom is -0.393 e. The van der Waals surface area contributed by atoms with E-state index >= 15 is 0 Å². The zero-order valence-corrected chi connectivity index (χ0v) is 9.58. The standard InChI is InChI=1S/C11H21NO3/c1-9(13)4-5-10(14)12-8-11(15-2)6-3-7-11/h9,13H,3-8H2,1-2H3,(H,12,14). The van der Waals surface area contributed by atoms with Crippen LogP contribution in [0.1, 0.15) is 39.0 Å². The highest BCUT2D eigenvalue weighted by molar-refractivity contribution is 5.75. The number of carbonyl (C=O) groups excluding carboxylic acids is 1. The number of rotatable bonds is 6. The third kappa shape index (κ3) is 3.80. The summed E-state index contributed by atoms with van der Waals surface area (Å²) in [4.78, 5) is 11.4.